The average Bonchev–Trinajstić information content (AvgIpc) is 2.33. The van der Waals surface area contributed by atoms with Crippen molar-refractivity contribution in [2.45, 2.75) is 52.8 Å². The van der Waals surface area contributed by atoms with E-state index in [1.807, 2.05) is 34.6 Å². The molecule has 0 atom stereocenters. The average molecular weight is 301 g/mol. The third kappa shape index (κ3) is 6.87. The van der Waals surface area contributed by atoms with Crippen molar-refractivity contribution in [2.75, 3.05) is 13.2 Å². The maximum absolute atomic E-state index is 13.9. The standard InChI is InChI=1S/C16H25F2NO2/c1-11(2)19-10-12-8-13(17)15(14(18)9-12)20-6-7-21-16(3,4)5/h8-9,11,19H,6-7,10H2,1-5H3. The van der Waals surface area contributed by atoms with Gasteiger partial charge >= 0.3 is 0 Å². The molecule has 0 unspecified atom stereocenters. The van der Waals surface area contributed by atoms with Crippen molar-refractivity contribution in [3.8, 4) is 5.75 Å². The van der Waals surface area contributed by atoms with Gasteiger partial charge in [0.1, 0.15) is 6.61 Å². The van der Waals surface area contributed by atoms with Crippen molar-refractivity contribution in [3.05, 3.63) is 29.3 Å². The number of hydrogen-bond acceptors (Lipinski definition) is 3. The van der Waals surface area contributed by atoms with E-state index in [0.29, 0.717) is 12.1 Å². The summed E-state index contributed by atoms with van der Waals surface area (Å²) in [4.78, 5) is 0. The van der Waals surface area contributed by atoms with Crippen LogP contribution in [-0.2, 0) is 11.3 Å². The van der Waals surface area contributed by atoms with Gasteiger partial charge in [-0.3, -0.25) is 0 Å². The normalized spacial score (nSPS) is 12.0. The Morgan fingerprint density at radius 1 is 1.10 bits per heavy atom. The smallest absolute Gasteiger partial charge is 0.190 e. The molecule has 0 heterocycles. The Balaban J connectivity index is 2.59. The molecule has 1 aromatic carbocycles. The summed E-state index contributed by atoms with van der Waals surface area (Å²) in [5.41, 5.74) is 0.254. The molecule has 0 bridgehead atoms. The number of ether oxygens (including phenoxy) is 2. The van der Waals surface area contributed by atoms with Gasteiger partial charge in [0.05, 0.1) is 12.2 Å². The minimum atomic E-state index is -0.689. The molecule has 0 saturated carbocycles. The molecule has 0 spiro atoms. The molecule has 3 nitrogen and oxygen atoms in total. The summed E-state index contributed by atoms with van der Waals surface area (Å²) in [5.74, 6) is -1.72. The Morgan fingerprint density at radius 2 is 1.67 bits per heavy atom. The van der Waals surface area contributed by atoms with E-state index in [-0.39, 0.29) is 30.6 Å². The summed E-state index contributed by atoms with van der Waals surface area (Å²) in [6.07, 6.45) is 0. The lowest BCUT2D eigenvalue weighted by atomic mass is 10.2. The van der Waals surface area contributed by atoms with Crippen molar-refractivity contribution < 1.29 is 18.3 Å². The summed E-state index contributed by atoms with van der Waals surface area (Å²) in [6, 6.07) is 2.83. The van der Waals surface area contributed by atoms with Gasteiger partial charge in [-0.25, -0.2) is 8.78 Å². The summed E-state index contributed by atoms with van der Waals surface area (Å²) in [6.45, 7) is 10.5. The molecule has 0 aliphatic heterocycles. The molecule has 21 heavy (non-hydrogen) atoms. The second-order valence-electron chi connectivity index (χ2n) is 6.23. The van der Waals surface area contributed by atoms with E-state index in [2.05, 4.69) is 5.32 Å². The van der Waals surface area contributed by atoms with Crippen molar-refractivity contribution >= 4 is 0 Å². The van der Waals surface area contributed by atoms with Crippen molar-refractivity contribution in [2.24, 2.45) is 0 Å². The Labute approximate surface area is 125 Å². The Morgan fingerprint density at radius 3 is 2.14 bits per heavy atom. The number of benzene rings is 1. The van der Waals surface area contributed by atoms with Crippen LogP contribution in [0.4, 0.5) is 8.78 Å². The molecule has 0 radical (unpaired) electrons. The van der Waals surface area contributed by atoms with Crippen molar-refractivity contribution in [3.63, 3.8) is 0 Å². The number of nitrogens with one attached hydrogen (secondary N) is 1. The quantitative estimate of drug-likeness (QED) is 0.780. The van der Waals surface area contributed by atoms with Crippen LogP contribution in [-0.4, -0.2) is 24.9 Å². The second kappa shape index (κ2) is 7.71. The molecule has 0 saturated heterocycles. The summed E-state index contributed by atoms with van der Waals surface area (Å²) >= 11 is 0. The van der Waals surface area contributed by atoms with Gasteiger partial charge in [-0.2, -0.15) is 0 Å². The van der Waals surface area contributed by atoms with Crippen molar-refractivity contribution in [1.29, 1.82) is 0 Å². The molecule has 5 heteroatoms. The lowest BCUT2D eigenvalue weighted by Crippen LogP contribution is -2.23. The van der Waals surface area contributed by atoms with Crippen LogP contribution in [0.5, 0.6) is 5.75 Å². The van der Waals surface area contributed by atoms with Crippen LogP contribution in [0, 0.1) is 11.6 Å². The topological polar surface area (TPSA) is 30.5 Å². The molecule has 1 N–H and O–H groups in total. The van der Waals surface area contributed by atoms with E-state index in [4.69, 9.17) is 9.47 Å². The van der Waals surface area contributed by atoms with Crippen LogP contribution in [0.25, 0.3) is 0 Å². The van der Waals surface area contributed by atoms with Gasteiger partial charge < -0.3 is 14.8 Å². The van der Waals surface area contributed by atoms with E-state index >= 15 is 0 Å². The summed E-state index contributed by atoms with van der Waals surface area (Å²) < 4.78 is 38.3. The maximum Gasteiger partial charge on any atom is 0.190 e. The minimum Gasteiger partial charge on any atom is -0.485 e. The molecular weight excluding hydrogens is 276 g/mol. The van der Waals surface area contributed by atoms with Gasteiger partial charge in [0.2, 0.25) is 0 Å². The highest BCUT2D eigenvalue weighted by Gasteiger charge is 2.14. The van der Waals surface area contributed by atoms with Gasteiger partial charge in [-0.1, -0.05) is 13.8 Å². The highest BCUT2D eigenvalue weighted by Crippen LogP contribution is 2.23. The molecule has 0 fully saturated rings. The number of hydrogen-bond donors (Lipinski definition) is 1. The van der Waals surface area contributed by atoms with Gasteiger partial charge in [0.25, 0.3) is 0 Å². The first kappa shape index (κ1) is 17.9. The molecular formula is C16H25F2NO2. The summed E-state index contributed by atoms with van der Waals surface area (Å²) in [5, 5.41) is 3.11. The lowest BCUT2D eigenvalue weighted by molar-refractivity contribution is -0.0170. The Hall–Kier alpha value is -1.20. The Kier molecular flexibility index (Phi) is 6.55. The highest BCUT2D eigenvalue weighted by molar-refractivity contribution is 5.31. The van der Waals surface area contributed by atoms with Gasteiger partial charge in [-0.15, -0.1) is 0 Å². The molecule has 120 valence electrons. The van der Waals surface area contributed by atoms with Crippen LogP contribution in [0.1, 0.15) is 40.2 Å². The van der Waals surface area contributed by atoms with Crippen LogP contribution < -0.4 is 10.1 Å². The van der Waals surface area contributed by atoms with Gasteiger partial charge in [-0.05, 0) is 38.5 Å². The predicted molar refractivity (Wildman–Crippen MR) is 79.5 cm³/mol. The first-order valence-electron chi connectivity index (χ1n) is 7.17. The van der Waals surface area contributed by atoms with E-state index in [9.17, 15) is 8.78 Å². The van der Waals surface area contributed by atoms with Crippen LogP contribution >= 0.6 is 0 Å². The third-order valence-corrected chi connectivity index (χ3v) is 2.64. The Bertz CT molecular complexity index is 433. The van der Waals surface area contributed by atoms with Crippen LogP contribution in [0.15, 0.2) is 12.1 Å². The fraction of sp³-hybridized carbons (Fsp3) is 0.625. The fourth-order valence-electron chi connectivity index (χ4n) is 1.67. The monoisotopic (exact) mass is 301 g/mol. The SMILES string of the molecule is CC(C)NCc1cc(F)c(OCCOC(C)(C)C)c(F)c1. The number of halogens is 2. The van der Waals surface area contributed by atoms with E-state index in [1.165, 1.54) is 12.1 Å². The molecule has 1 rings (SSSR count). The maximum atomic E-state index is 13.9. The van der Waals surface area contributed by atoms with Crippen LogP contribution in [0.2, 0.25) is 0 Å². The van der Waals surface area contributed by atoms with E-state index < -0.39 is 11.6 Å². The highest BCUT2D eigenvalue weighted by atomic mass is 19.1. The van der Waals surface area contributed by atoms with E-state index in [1.54, 1.807) is 0 Å². The fourth-order valence-corrected chi connectivity index (χ4v) is 1.67. The van der Waals surface area contributed by atoms with Crippen LogP contribution in [0.3, 0.4) is 0 Å². The molecule has 1 aromatic rings. The second-order valence-corrected chi connectivity index (χ2v) is 6.23. The molecule has 0 aliphatic carbocycles. The zero-order chi connectivity index (χ0) is 16.0. The first-order valence-corrected chi connectivity index (χ1v) is 7.17. The van der Waals surface area contributed by atoms with E-state index in [0.717, 1.165) is 0 Å². The zero-order valence-electron chi connectivity index (χ0n) is 13.4. The minimum absolute atomic E-state index is 0.106. The number of rotatable bonds is 7. The largest absolute Gasteiger partial charge is 0.485 e. The predicted octanol–water partition coefficient (Wildman–Crippen LogP) is 3.66. The zero-order valence-corrected chi connectivity index (χ0v) is 13.4. The summed E-state index contributed by atoms with van der Waals surface area (Å²) in [7, 11) is 0. The molecule has 0 aromatic heterocycles. The lowest BCUT2D eigenvalue weighted by Gasteiger charge is -2.19. The first-order chi connectivity index (χ1) is 9.69. The van der Waals surface area contributed by atoms with Gasteiger partial charge in [0, 0.05) is 12.6 Å². The third-order valence-electron chi connectivity index (χ3n) is 2.64. The van der Waals surface area contributed by atoms with Gasteiger partial charge in [0.15, 0.2) is 17.4 Å². The van der Waals surface area contributed by atoms with Crippen molar-refractivity contribution in [1.82, 2.24) is 5.32 Å². The molecule has 0 aliphatic rings. The molecule has 0 amide bonds.